The van der Waals surface area contributed by atoms with Gasteiger partial charge in [-0.3, -0.25) is 20.1 Å². The largest absolute Gasteiger partial charge is 0.508 e. The molecule has 3 aliphatic heterocycles. The molecule has 0 radical (unpaired) electrons. The van der Waals surface area contributed by atoms with Crippen molar-refractivity contribution in [2.45, 2.75) is 32.9 Å². The number of pyridine rings is 1. The summed E-state index contributed by atoms with van der Waals surface area (Å²) in [7, 11) is 0. The van der Waals surface area contributed by atoms with Crippen LogP contribution in [0.5, 0.6) is 17.2 Å². The number of aromatic nitrogens is 1. The van der Waals surface area contributed by atoms with Gasteiger partial charge in [0.15, 0.2) is 11.5 Å². The quantitative estimate of drug-likeness (QED) is 0.264. The zero-order chi connectivity index (χ0) is 31.1. The third-order valence-corrected chi connectivity index (χ3v) is 8.20. The highest BCUT2D eigenvalue weighted by molar-refractivity contribution is 6.02. The Kier molecular flexibility index (Phi) is 8.29. The van der Waals surface area contributed by atoms with E-state index in [4.69, 9.17) is 9.47 Å². The maximum atomic E-state index is 14.3. The lowest BCUT2D eigenvalue weighted by molar-refractivity contribution is 0.0657. The fraction of sp³-hybridized carbons (Fsp3) is 0.171. The van der Waals surface area contributed by atoms with Gasteiger partial charge in [0.25, 0.3) is 5.91 Å². The molecule has 1 aromatic heterocycles. The molecule has 3 aliphatic rings. The Hall–Kier alpha value is -5.48. The highest BCUT2D eigenvalue weighted by atomic mass is 35.5. The van der Waals surface area contributed by atoms with E-state index in [0.29, 0.717) is 46.2 Å². The van der Waals surface area contributed by atoms with Crippen LogP contribution in [0.3, 0.4) is 0 Å². The third-order valence-electron chi connectivity index (χ3n) is 8.20. The molecule has 3 amide bonds. The number of carbonyl (C=O) groups excluding carboxylic acids is 2. The van der Waals surface area contributed by atoms with E-state index in [1.54, 1.807) is 42.7 Å². The first-order chi connectivity index (χ1) is 21.9. The normalized spacial score (nSPS) is 16.1. The molecule has 46 heavy (non-hydrogen) atoms. The number of ether oxygens (including phenoxy) is 2. The van der Waals surface area contributed by atoms with Gasteiger partial charge in [-0.2, -0.15) is 0 Å². The number of halogens is 1. The van der Waals surface area contributed by atoms with Crippen LogP contribution in [-0.2, 0) is 13.0 Å². The van der Waals surface area contributed by atoms with Crippen LogP contribution >= 0.6 is 12.4 Å². The minimum absolute atomic E-state index is 0. The van der Waals surface area contributed by atoms with Crippen LogP contribution in [0.15, 0.2) is 97.3 Å². The number of urea groups is 1. The number of nitrogens with zero attached hydrogens (tertiary/aromatic N) is 4. The number of allylic oxidation sites excluding steroid dienone is 2. The molecule has 0 saturated carbocycles. The fourth-order valence-electron chi connectivity index (χ4n) is 5.81. The van der Waals surface area contributed by atoms with Gasteiger partial charge in [0.05, 0.1) is 28.8 Å². The summed E-state index contributed by atoms with van der Waals surface area (Å²) in [5.74, 6) is 0.959. The molecule has 0 spiro atoms. The summed E-state index contributed by atoms with van der Waals surface area (Å²) in [4.78, 5) is 36.2. The number of nitrogens with one attached hydrogen (secondary N) is 1. The van der Waals surface area contributed by atoms with E-state index in [1.165, 1.54) is 27.6 Å². The maximum absolute atomic E-state index is 14.3. The highest BCUT2D eigenvalue weighted by Gasteiger charge is 2.32. The molecule has 0 fully saturated rings. The van der Waals surface area contributed by atoms with Gasteiger partial charge in [0, 0.05) is 30.0 Å². The summed E-state index contributed by atoms with van der Waals surface area (Å²) >= 11 is 0. The van der Waals surface area contributed by atoms with Crippen molar-refractivity contribution in [2.24, 2.45) is 0 Å². The number of rotatable bonds is 4. The molecule has 0 saturated heterocycles. The minimum Gasteiger partial charge on any atom is -0.508 e. The molecule has 10 nitrogen and oxygen atoms in total. The lowest BCUT2D eigenvalue weighted by Crippen LogP contribution is -2.46. The molecular formula is C35H32ClN5O5. The minimum atomic E-state index is -0.428. The fourth-order valence-corrected chi connectivity index (χ4v) is 5.81. The van der Waals surface area contributed by atoms with Crippen LogP contribution in [0.25, 0.3) is 5.70 Å². The van der Waals surface area contributed by atoms with Crippen molar-refractivity contribution in [1.82, 2.24) is 20.3 Å². The van der Waals surface area contributed by atoms with Gasteiger partial charge in [-0.15, -0.1) is 12.4 Å². The summed E-state index contributed by atoms with van der Waals surface area (Å²) in [6.45, 7) is 4.48. The molecule has 0 bridgehead atoms. The topological polar surface area (TPSA) is 107 Å². The van der Waals surface area contributed by atoms with E-state index in [2.05, 4.69) is 29.5 Å². The van der Waals surface area contributed by atoms with Crippen LogP contribution in [0.2, 0.25) is 0 Å². The van der Waals surface area contributed by atoms with Gasteiger partial charge in [-0.25, -0.2) is 9.80 Å². The van der Waals surface area contributed by atoms with Crippen LogP contribution in [0.1, 0.15) is 39.7 Å². The molecule has 4 heterocycles. The molecule has 234 valence electrons. The molecule has 7 rings (SSSR count). The van der Waals surface area contributed by atoms with Crippen molar-refractivity contribution in [1.29, 1.82) is 0 Å². The second kappa shape index (κ2) is 12.5. The van der Waals surface area contributed by atoms with Gasteiger partial charge >= 0.3 is 6.03 Å². The van der Waals surface area contributed by atoms with E-state index < -0.39 is 6.03 Å². The molecule has 2 N–H and O–H groups in total. The molecule has 1 atom stereocenters. The predicted octanol–water partition coefficient (Wildman–Crippen LogP) is 6.47. The first-order valence-corrected chi connectivity index (χ1v) is 14.7. The van der Waals surface area contributed by atoms with Gasteiger partial charge < -0.3 is 19.5 Å². The number of benzene rings is 3. The maximum Gasteiger partial charge on any atom is 0.352 e. The summed E-state index contributed by atoms with van der Waals surface area (Å²) < 4.78 is 11.4. The number of carbonyl (C=O) groups is 2. The molecule has 4 aromatic rings. The summed E-state index contributed by atoms with van der Waals surface area (Å²) in [6, 6.07) is 21.2. The molecule has 11 heteroatoms. The van der Waals surface area contributed by atoms with Crippen LogP contribution in [-0.4, -0.2) is 44.8 Å². The smallest absolute Gasteiger partial charge is 0.352 e. The molecule has 0 unspecified atom stereocenters. The number of hydrazine groups is 1. The zero-order valence-corrected chi connectivity index (χ0v) is 26.0. The van der Waals surface area contributed by atoms with Gasteiger partial charge in [-0.05, 0) is 92.1 Å². The average molecular weight is 638 g/mol. The van der Waals surface area contributed by atoms with Crippen molar-refractivity contribution in [3.05, 3.63) is 125 Å². The number of fused-ring (bicyclic) bond motifs is 2. The van der Waals surface area contributed by atoms with Gasteiger partial charge in [0.1, 0.15) is 5.75 Å². The Labute approximate surface area is 272 Å². The Morgan fingerprint density at radius 3 is 2.43 bits per heavy atom. The summed E-state index contributed by atoms with van der Waals surface area (Å²) in [5, 5.41) is 11.2. The Bertz CT molecular complexity index is 1810. The van der Waals surface area contributed by atoms with E-state index in [-0.39, 0.29) is 36.9 Å². The van der Waals surface area contributed by atoms with Crippen LogP contribution < -0.4 is 19.8 Å². The predicted molar refractivity (Wildman–Crippen MR) is 176 cm³/mol. The SMILES string of the molecule is Cc1ccc(N(C(=O)N2C=CC=C(c3cc4c(cc3C(=O)N3Cc5ccccc5C[C@H]3C)OCO4)N2)c2ccc(O)cc2)cn1.Cl. The lowest BCUT2D eigenvalue weighted by Gasteiger charge is -2.36. The number of amides is 3. The standard InChI is InChI=1S/C35H31N5O5.ClH/c1-22-9-10-27(19-36-22)40(26-11-13-28(41)14-12-26)35(43)39-15-5-8-31(37-39)29-17-32-33(45-21-44-32)18-30(29)34(42)38-20-25-7-4-3-6-24(25)16-23(38)2;/h3-15,17-19,23,37,41H,16,20-21H2,1-2H3;1H/t23-;/m1./s1. The number of aromatic hydroxyl groups is 1. The van der Waals surface area contributed by atoms with Crippen LogP contribution in [0.4, 0.5) is 16.2 Å². The number of hydrogen-bond acceptors (Lipinski definition) is 7. The molecule has 0 aliphatic carbocycles. The highest BCUT2D eigenvalue weighted by Crippen LogP contribution is 2.39. The number of aryl methyl sites for hydroxylation is 1. The van der Waals surface area contributed by atoms with E-state index >= 15 is 0 Å². The molecular weight excluding hydrogens is 606 g/mol. The van der Waals surface area contributed by atoms with Crippen molar-refractivity contribution in [2.75, 3.05) is 11.7 Å². The van der Waals surface area contributed by atoms with E-state index in [9.17, 15) is 14.7 Å². The van der Waals surface area contributed by atoms with Gasteiger partial charge in [-0.1, -0.05) is 24.3 Å². The monoisotopic (exact) mass is 637 g/mol. The van der Waals surface area contributed by atoms with Crippen molar-refractivity contribution in [3.63, 3.8) is 0 Å². The number of anilines is 2. The number of phenolic OH excluding ortho intramolecular Hbond substituents is 1. The van der Waals surface area contributed by atoms with E-state index in [0.717, 1.165) is 17.7 Å². The Morgan fingerprint density at radius 1 is 0.978 bits per heavy atom. The second-order valence-electron chi connectivity index (χ2n) is 11.2. The van der Waals surface area contributed by atoms with Crippen LogP contribution in [0, 0.1) is 6.92 Å². The van der Waals surface area contributed by atoms with Crippen molar-refractivity contribution in [3.8, 4) is 17.2 Å². The lowest BCUT2D eigenvalue weighted by atomic mass is 9.93. The first-order valence-electron chi connectivity index (χ1n) is 14.7. The van der Waals surface area contributed by atoms with Crippen molar-refractivity contribution < 1.29 is 24.2 Å². The van der Waals surface area contributed by atoms with Crippen molar-refractivity contribution >= 4 is 41.4 Å². The number of phenols is 1. The van der Waals surface area contributed by atoms with Gasteiger partial charge in [0.2, 0.25) is 6.79 Å². The van der Waals surface area contributed by atoms with E-state index in [1.807, 2.05) is 42.2 Å². The number of hydrogen-bond donors (Lipinski definition) is 2. The molecule has 3 aromatic carbocycles. The summed E-state index contributed by atoms with van der Waals surface area (Å²) in [5.41, 5.74) is 9.01. The first kappa shape index (κ1) is 30.5. The zero-order valence-electron chi connectivity index (χ0n) is 25.2. The third kappa shape index (κ3) is 5.70. The Morgan fingerprint density at radius 2 is 1.70 bits per heavy atom. The Balaban J connectivity index is 0.00000372. The average Bonchev–Trinajstić information content (AvgIpc) is 3.53. The second-order valence-corrected chi connectivity index (χ2v) is 11.2. The summed E-state index contributed by atoms with van der Waals surface area (Å²) in [6.07, 6.45) is 7.54.